The van der Waals surface area contributed by atoms with Crippen LogP contribution >= 0.6 is 15.9 Å². The summed E-state index contributed by atoms with van der Waals surface area (Å²) in [6, 6.07) is 9.21. The van der Waals surface area contributed by atoms with E-state index in [1.807, 2.05) is 24.3 Å². The monoisotopic (exact) mass is 384 g/mol. The fraction of sp³-hybridized carbons (Fsp3) is 0.222. The van der Waals surface area contributed by atoms with Crippen LogP contribution in [0.5, 0.6) is 0 Å². The Hall–Kier alpha value is -2.34. The maximum atomic E-state index is 12.9. The van der Waals surface area contributed by atoms with Gasteiger partial charge in [0.25, 0.3) is 5.56 Å². The van der Waals surface area contributed by atoms with E-state index in [1.54, 1.807) is 24.7 Å². The molecule has 0 N–H and O–H groups in total. The van der Waals surface area contributed by atoms with Crippen molar-refractivity contribution in [3.05, 3.63) is 68.9 Å². The zero-order valence-electron chi connectivity index (χ0n) is 13.3. The summed E-state index contributed by atoms with van der Waals surface area (Å²) in [4.78, 5) is 21.5. The van der Waals surface area contributed by atoms with Crippen LogP contribution in [0.25, 0.3) is 10.9 Å². The number of halogens is 1. The van der Waals surface area contributed by atoms with Crippen LogP contribution in [0.2, 0.25) is 0 Å². The fourth-order valence-corrected chi connectivity index (χ4v) is 2.75. The highest BCUT2D eigenvalue weighted by Gasteiger charge is 2.10. The summed E-state index contributed by atoms with van der Waals surface area (Å²) in [6.07, 6.45) is 7.74. The molecule has 0 bridgehead atoms. The lowest BCUT2D eigenvalue weighted by atomic mass is 10.2. The number of unbranched alkanes of at least 4 members (excludes halogenated alkanes) is 1. The zero-order valence-corrected chi connectivity index (χ0v) is 14.9. The molecule has 0 aliphatic rings. The number of benzene rings is 1. The molecule has 0 fully saturated rings. The van der Waals surface area contributed by atoms with Crippen LogP contribution in [0.1, 0.15) is 31.2 Å². The van der Waals surface area contributed by atoms with Gasteiger partial charge in [-0.25, -0.2) is 4.98 Å². The smallest absolute Gasteiger partial charge is 0.267 e. The second-order valence-corrected chi connectivity index (χ2v) is 6.35. The van der Waals surface area contributed by atoms with Gasteiger partial charge in [-0.3, -0.25) is 9.78 Å². The Labute approximate surface area is 148 Å². The van der Waals surface area contributed by atoms with E-state index >= 15 is 0 Å². The molecule has 5 nitrogen and oxygen atoms in total. The molecule has 0 radical (unpaired) electrons. The van der Waals surface area contributed by atoms with Crippen molar-refractivity contribution in [2.24, 2.45) is 5.10 Å². The third kappa shape index (κ3) is 3.59. The lowest BCUT2D eigenvalue weighted by Crippen LogP contribution is -2.22. The Kier molecular flexibility index (Phi) is 5.15. The lowest BCUT2D eigenvalue weighted by Gasteiger charge is -2.09. The first-order valence-electron chi connectivity index (χ1n) is 7.84. The van der Waals surface area contributed by atoms with E-state index < -0.39 is 0 Å². The number of hydrogen-bond donors (Lipinski definition) is 0. The Morgan fingerprint density at radius 3 is 2.79 bits per heavy atom. The first-order valence-corrected chi connectivity index (χ1v) is 8.64. The minimum atomic E-state index is -0.155. The fourth-order valence-electron chi connectivity index (χ4n) is 2.38. The molecule has 6 heteroatoms. The third-order valence-corrected chi connectivity index (χ3v) is 4.15. The molecule has 0 unspecified atom stereocenters. The van der Waals surface area contributed by atoms with Crippen molar-refractivity contribution in [2.45, 2.75) is 26.2 Å². The molecule has 0 saturated carbocycles. The molecule has 3 rings (SSSR count). The molecule has 2 aromatic heterocycles. The predicted octanol–water partition coefficient (Wildman–Crippen LogP) is 3.78. The van der Waals surface area contributed by atoms with Gasteiger partial charge in [-0.1, -0.05) is 29.3 Å². The molecular weight excluding hydrogens is 368 g/mol. The molecule has 1 aromatic carbocycles. The Balaban J connectivity index is 2.13. The van der Waals surface area contributed by atoms with E-state index in [9.17, 15) is 4.79 Å². The van der Waals surface area contributed by atoms with Gasteiger partial charge in [0.1, 0.15) is 5.82 Å². The second-order valence-electron chi connectivity index (χ2n) is 5.44. The molecule has 2 heterocycles. The van der Waals surface area contributed by atoms with Crippen molar-refractivity contribution in [3.63, 3.8) is 0 Å². The van der Waals surface area contributed by atoms with Crippen molar-refractivity contribution < 1.29 is 0 Å². The highest BCUT2D eigenvalue weighted by atomic mass is 79.9. The minimum absolute atomic E-state index is 0.155. The number of nitrogens with zero attached hydrogens (tertiary/aromatic N) is 4. The maximum absolute atomic E-state index is 12.9. The second kappa shape index (κ2) is 7.49. The number of fused-ring (bicyclic) bond motifs is 1. The standard InChI is InChI=1S/C18H17BrN4O/c1-2-3-4-17-22-16-6-5-14(19)11-15(16)18(24)23(17)21-12-13-7-9-20-10-8-13/h5-12H,2-4H2,1H3. The molecule has 0 spiro atoms. The number of aryl methyl sites for hydroxylation is 1. The summed E-state index contributed by atoms with van der Waals surface area (Å²) in [5.41, 5.74) is 1.43. The van der Waals surface area contributed by atoms with Gasteiger partial charge < -0.3 is 0 Å². The highest BCUT2D eigenvalue weighted by Crippen LogP contribution is 2.16. The first-order chi connectivity index (χ1) is 11.7. The first kappa shape index (κ1) is 16.5. The van der Waals surface area contributed by atoms with Crippen LogP contribution in [-0.2, 0) is 6.42 Å². The van der Waals surface area contributed by atoms with E-state index in [1.165, 1.54) is 4.68 Å². The quantitative estimate of drug-likeness (QED) is 0.628. The van der Waals surface area contributed by atoms with Gasteiger partial charge >= 0.3 is 0 Å². The van der Waals surface area contributed by atoms with Gasteiger partial charge in [-0.05, 0) is 42.3 Å². The van der Waals surface area contributed by atoms with Crippen LogP contribution < -0.4 is 5.56 Å². The van der Waals surface area contributed by atoms with E-state index in [-0.39, 0.29) is 5.56 Å². The number of hydrogen-bond acceptors (Lipinski definition) is 4. The lowest BCUT2D eigenvalue weighted by molar-refractivity contribution is 0.675. The highest BCUT2D eigenvalue weighted by molar-refractivity contribution is 9.10. The summed E-state index contributed by atoms with van der Waals surface area (Å²) < 4.78 is 2.25. The van der Waals surface area contributed by atoms with Crippen LogP contribution in [0.4, 0.5) is 0 Å². The van der Waals surface area contributed by atoms with Crippen molar-refractivity contribution in [1.82, 2.24) is 14.6 Å². The largest absolute Gasteiger partial charge is 0.282 e. The SMILES string of the molecule is CCCCc1nc2ccc(Br)cc2c(=O)n1N=Cc1ccncc1. The maximum Gasteiger partial charge on any atom is 0.282 e. The summed E-state index contributed by atoms with van der Waals surface area (Å²) in [5.74, 6) is 0.682. The molecule has 24 heavy (non-hydrogen) atoms. The average molecular weight is 385 g/mol. The van der Waals surface area contributed by atoms with Crippen LogP contribution in [0.15, 0.2) is 57.1 Å². The zero-order chi connectivity index (χ0) is 16.9. The van der Waals surface area contributed by atoms with Crippen LogP contribution in [0.3, 0.4) is 0 Å². The van der Waals surface area contributed by atoms with Gasteiger partial charge in [0.05, 0.1) is 17.1 Å². The predicted molar refractivity (Wildman–Crippen MR) is 99.5 cm³/mol. The van der Waals surface area contributed by atoms with Gasteiger partial charge in [0.15, 0.2) is 0 Å². The van der Waals surface area contributed by atoms with E-state index in [4.69, 9.17) is 0 Å². The molecule has 0 saturated heterocycles. The number of rotatable bonds is 5. The van der Waals surface area contributed by atoms with Crippen molar-refractivity contribution in [3.8, 4) is 0 Å². The topological polar surface area (TPSA) is 60.1 Å². The molecule has 0 atom stereocenters. The summed E-state index contributed by atoms with van der Waals surface area (Å²) in [5, 5.41) is 4.93. The average Bonchev–Trinajstić information content (AvgIpc) is 2.61. The summed E-state index contributed by atoms with van der Waals surface area (Å²) in [6.45, 7) is 2.11. The van der Waals surface area contributed by atoms with Gasteiger partial charge in [0, 0.05) is 23.3 Å². The minimum Gasteiger partial charge on any atom is -0.267 e. The van der Waals surface area contributed by atoms with Crippen LogP contribution in [-0.4, -0.2) is 20.9 Å². The Morgan fingerprint density at radius 1 is 1.25 bits per heavy atom. The van der Waals surface area contributed by atoms with Gasteiger partial charge in [-0.2, -0.15) is 9.78 Å². The molecule has 0 amide bonds. The Bertz CT molecular complexity index is 935. The number of pyridine rings is 1. The molecule has 0 aliphatic carbocycles. The third-order valence-electron chi connectivity index (χ3n) is 3.66. The summed E-state index contributed by atoms with van der Waals surface area (Å²) in [7, 11) is 0. The molecule has 3 aromatic rings. The molecule has 122 valence electrons. The van der Waals surface area contributed by atoms with Crippen molar-refractivity contribution >= 4 is 33.0 Å². The molecule has 0 aliphatic heterocycles. The summed E-state index contributed by atoms with van der Waals surface area (Å²) >= 11 is 3.41. The van der Waals surface area contributed by atoms with E-state index in [0.717, 1.165) is 22.9 Å². The molecular formula is C18H17BrN4O. The van der Waals surface area contributed by atoms with E-state index in [0.29, 0.717) is 23.1 Å². The van der Waals surface area contributed by atoms with Crippen LogP contribution in [0, 0.1) is 0 Å². The number of aromatic nitrogens is 3. The van der Waals surface area contributed by atoms with E-state index in [2.05, 4.69) is 37.9 Å². The van der Waals surface area contributed by atoms with Crippen molar-refractivity contribution in [1.29, 1.82) is 0 Å². The van der Waals surface area contributed by atoms with Crippen molar-refractivity contribution in [2.75, 3.05) is 0 Å². The normalized spacial score (nSPS) is 11.4. The van der Waals surface area contributed by atoms with Gasteiger partial charge in [-0.15, -0.1) is 0 Å². The van der Waals surface area contributed by atoms with Gasteiger partial charge in [0.2, 0.25) is 0 Å². The Morgan fingerprint density at radius 2 is 2.04 bits per heavy atom.